The van der Waals surface area contributed by atoms with Gasteiger partial charge < -0.3 is 10.1 Å². The van der Waals surface area contributed by atoms with Crippen molar-refractivity contribution in [1.29, 1.82) is 0 Å². The molecule has 2 rings (SSSR count). The normalized spacial score (nSPS) is 10.5. The maximum atomic E-state index is 12.5. The molecule has 0 saturated carbocycles. The van der Waals surface area contributed by atoms with E-state index in [1.165, 1.54) is 6.07 Å². The minimum atomic E-state index is -4.45. The van der Waals surface area contributed by atoms with Crippen molar-refractivity contribution < 1.29 is 17.9 Å². The van der Waals surface area contributed by atoms with E-state index in [1.54, 1.807) is 19.2 Å². The van der Waals surface area contributed by atoms with Gasteiger partial charge in [-0.25, -0.2) is 0 Å². The third-order valence-corrected chi connectivity index (χ3v) is 2.73. The molecular weight excluding hydrogens is 293 g/mol. The molecule has 0 aliphatic heterocycles. The van der Waals surface area contributed by atoms with Crippen molar-refractivity contribution in [3.8, 4) is 17.6 Å². The quantitative estimate of drug-likeness (QED) is 0.880. The van der Waals surface area contributed by atoms with Crippen molar-refractivity contribution in [3.63, 3.8) is 0 Å². The summed E-state index contributed by atoms with van der Waals surface area (Å²) in [6.07, 6.45) is -3.34. The number of anilines is 1. The second-order valence-electron chi connectivity index (χ2n) is 4.31. The summed E-state index contributed by atoms with van der Waals surface area (Å²) in [5.41, 5.74) is 0.160. The highest BCUT2D eigenvalue weighted by molar-refractivity contribution is 5.46. The van der Waals surface area contributed by atoms with Gasteiger partial charge in [-0.15, -0.1) is 0 Å². The highest BCUT2D eigenvalue weighted by atomic mass is 19.4. The predicted octanol–water partition coefficient (Wildman–Crippen LogP) is 3.57. The van der Waals surface area contributed by atoms with Crippen molar-refractivity contribution in [1.82, 2.24) is 4.98 Å². The Balaban J connectivity index is 1.98. The number of pyridine rings is 1. The van der Waals surface area contributed by atoms with E-state index in [0.29, 0.717) is 11.4 Å². The molecule has 3 nitrogen and oxygen atoms in total. The molecule has 0 aliphatic carbocycles. The maximum Gasteiger partial charge on any atom is 0.433 e. The lowest BCUT2D eigenvalue weighted by Gasteiger charge is -2.07. The molecule has 6 heteroatoms. The number of nitrogens with zero attached hydrogens (tertiary/aromatic N) is 1. The molecule has 1 N–H and O–H groups in total. The van der Waals surface area contributed by atoms with Gasteiger partial charge in [0.25, 0.3) is 0 Å². The van der Waals surface area contributed by atoms with Crippen molar-refractivity contribution in [2.24, 2.45) is 0 Å². The topological polar surface area (TPSA) is 34.1 Å². The molecule has 0 spiro atoms. The van der Waals surface area contributed by atoms with Crippen LogP contribution >= 0.6 is 0 Å². The summed E-state index contributed by atoms with van der Waals surface area (Å²) in [5, 5.41) is 2.81. The lowest BCUT2D eigenvalue weighted by atomic mass is 10.2. The molecule has 114 valence electrons. The lowest BCUT2D eigenvalue weighted by Crippen LogP contribution is -2.09. The molecule has 1 aromatic carbocycles. The van der Waals surface area contributed by atoms with E-state index >= 15 is 0 Å². The smallest absolute Gasteiger partial charge is 0.433 e. The summed E-state index contributed by atoms with van der Waals surface area (Å²) < 4.78 is 42.6. The predicted molar refractivity (Wildman–Crippen MR) is 77.6 cm³/mol. The summed E-state index contributed by atoms with van der Waals surface area (Å²) in [6, 6.07) is 9.63. The summed E-state index contributed by atoms with van der Waals surface area (Å²) in [5.74, 6) is 6.44. The Bertz CT molecular complexity index is 702. The van der Waals surface area contributed by atoms with Crippen LogP contribution in [0.25, 0.3) is 0 Å². The van der Waals surface area contributed by atoms with E-state index < -0.39 is 11.9 Å². The molecule has 0 aliphatic rings. The van der Waals surface area contributed by atoms with Gasteiger partial charge in [0, 0.05) is 17.4 Å². The van der Waals surface area contributed by atoms with E-state index in [-0.39, 0.29) is 6.54 Å². The molecule has 1 heterocycles. The van der Waals surface area contributed by atoms with Crippen molar-refractivity contribution in [2.45, 2.75) is 6.18 Å². The van der Waals surface area contributed by atoms with Crippen LogP contribution in [0, 0.1) is 11.8 Å². The second kappa shape index (κ2) is 6.85. The van der Waals surface area contributed by atoms with Crippen molar-refractivity contribution in [3.05, 3.63) is 53.9 Å². The SMILES string of the molecule is COc1cccc(C#CCNc2ccnc(C(F)(F)F)c2)c1. The molecule has 1 aromatic heterocycles. The number of aromatic nitrogens is 1. The first-order chi connectivity index (χ1) is 10.5. The summed E-state index contributed by atoms with van der Waals surface area (Å²) in [6.45, 7) is 0.221. The van der Waals surface area contributed by atoms with E-state index in [9.17, 15) is 13.2 Å². The molecule has 0 fully saturated rings. The average Bonchev–Trinajstić information content (AvgIpc) is 2.51. The number of benzene rings is 1. The molecule has 0 amide bonds. The van der Waals surface area contributed by atoms with Gasteiger partial charge in [0.05, 0.1) is 13.7 Å². The third-order valence-electron chi connectivity index (χ3n) is 2.73. The molecule has 2 aromatic rings. The lowest BCUT2D eigenvalue weighted by molar-refractivity contribution is -0.141. The van der Waals surface area contributed by atoms with Gasteiger partial charge in [-0.2, -0.15) is 13.2 Å². The van der Waals surface area contributed by atoms with Crippen LogP contribution in [0.5, 0.6) is 5.75 Å². The molecule has 22 heavy (non-hydrogen) atoms. The number of rotatable bonds is 3. The molecule has 0 bridgehead atoms. The Morgan fingerprint density at radius 3 is 2.77 bits per heavy atom. The number of ether oxygens (including phenoxy) is 1. The van der Waals surface area contributed by atoms with Crippen molar-refractivity contribution in [2.75, 3.05) is 19.0 Å². The fourth-order valence-corrected chi connectivity index (χ4v) is 1.69. The molecule has 0 saturated heterocycles. The number of halogens is 3. The Kier molecular flexibility index (Phi) is 4.89. The fraction of sp³-hybridized carbons (Fsp3) is 0.188. The van der Waals surface area contributed by atoms with Gasteiger partial charge >= 0.3 is 6.18 Å². The number of alkyl halides is 3. The van der Waals surface area contributed by atoms with Crippen LogP contribution in [0.15, 0.2) is 42.6 Å². The highest BCUT2D eigenvalue weighted by Gasteiger charge is 2.32. The van der Waals surface area contributed by atoms with Crippen LogP contribution in [0.3, 0.4) is 0 Å². The van der Waals surface area contributed by atoms with E-state index in [1.807, 2.05) is 12.1 Å². The van der Waals surface area contributed by atoms with E-state index in [4.69, 9.17) is 4.74 Å². The van der Waals surface area contributed by atoms with Crippen LogP contribution in [0.2, 0.25) is 0 Å². The average molecular weight is 306 g/mol. The Hall–Kier alpha value is -2.68. The minimum Gasteiger partial charge on any atom is -0.497 e. The number of hydrogen-bond acceptors (Lipinski definition) is 3. The van der Waals surface area contributed by atoms with Gasteiger partial charge in [-0.05, 0) is 30.3 Å². The zero-order valence-corrected chi connectivity index (χ0v) is 11.7. The fourth-order valence-electron chi connectivity index (χ4n) is 1.69. The number of methoxy groups -OCH3 is 1. The standard InChI is InChI=1S/C16H13F3N2O/c1-22-14-6-2-4-12(10-14)5-3-8-20-13-7-9-21-15(11-13)16(17,18)19/h2,4,6-7,9-11H,8H2,1H3,(H,20,21). The number of hydrogen-bond donors (Lipinski definition) is 1. The Morgan fingerprint density at radius 2 is 2.05 bits per heavy atom. The first kappa shape index (κ1) is 15.7. The van der Waals surface area contributed by atoms with Crippen LogP contribution in [0.4, 0.5) is 18.9 Å². The van der Waals surface area contributed by atoms with Crippen LogP contribution in [0.1, 0.15) is 11.3 Å². The zero-order chi connectivity index (χ0) is 16.0. The largest absolute Gasteiger partial charge is 0.497 e. The summed E-state index contributed by atoms with van der Waals surface area (Å²) in [4.78, 5) is 3.29. The first-order valence-corrected chi connectivity index (χ1v) is 6.39. The molecule has 0 radical (unpaired) electrons. The van der Waals surface area contributed by atoms with Gasteiger partial charge in [0.1, 0.15) is 11.4 Å². The van der Waals surface area contributed by atoms with E-state index in [2.05, 4.69) is 22.1 Å². The Labute approximate surface area is 126 Å². The molecule has 0 atom stereocenters. The zero-order valence-electron chi connectivity index (χ0n) is 11.7. The number of nitrogens with one attached hydrogen (secondary N) is 1. The Morgan fingerprint density at radius 1 is 1.23 bits per heavy atom. The van der Waals surface area contributed by atoms with Gasteiger partial charge in [-0.1, -0.05) is 17.9 Å². The molecular formula is C16H13F3N2O. The van der Waals surface area contributed by atoms with E-state index in [0.717, 1.165) is 17.8 Å². The highest BCUT2D eigenvalue weighted by Crippen LogP contribution is 2.28. The van der Waals surface area contributed by atoms with Gasteiger partial charge in [-0.3, -0.25) is 4.98 Å². The van der Waals surface area contributed by atoms with Crippen LogP contribution < -0.4 is 10.1 Å². The van der Waals surface area contributed by atoms with Crippen molar-refractivity contribution >= 4 is 5.69 Å². The van der Waals surface area contributed by atoms with Gasteiger partial charge in [0.2, 0.25) is 0 Å². The summed E-state index contributed by atoms with van der Waals surface area (Å²) in [7, 11) is 1.57. The monoisotopic (exact) mass is 306 g/mol. The third kappa shape index (κ3) is 4.42. The second-order valence-corrected chi connectivity index (χ2v) is 4.31. The maximum absolute atomic E-state index is 12.5. The molecule has 0 unspecified atom stereocenters. The summed E-state index contributed by atoms with van der Waals surface area (Å²) >= 11 is 0. The van der Waals surface area contributed by atoms with Crippen LogP contribution in [-0.2, 0) is 6.18 Å². The minimum absolute atomic E-state index is 0.221. The van der Waals surface area contributed by atoms with Gasteiger partial charge in [0.15, 0.2) is 0 Å². The first-order valence-electron chi connectivity index (χ1n) is 6.39. The van der Waals surface area contributed by atoms with Crippen LogP contribution in [-0.4, -0.2) is 18.6 Å².